The Bertz CT molecular complexity index is 716. The fourth-order valence-electron chi connectivity index (χ4n) is 1.70. The van der Waals surface area contributed by atoms with Crippen LogP contribution in [-0.4, -0.2) is 19.9 Å². The molecule has 0 saturated heterocycles. The maximum atomic E-state index is 12.4. The van der Waals surface area contributed by atoms with Crippen molar-refractivity contribution in [1.29, 1.82) is 0 Å². The quantitative estimate of drug-likeness (QED) is 0.735. The van der Waals surface area contributed by atoms with Crippen LogP contribution in [0, 0.1) is 0 Å². The number of imidazole rings is 1. The summed E-state index contributed by atoms with van der Waals surface area (Å²) in [6.45, 7) is 0. The van der Waals surface area contributed by atoms with Crippen molar-refractivity contribution in [3.63, 3.8) is 0 Å². The highest BCUT2D eigenvalue weighted by atomic mass is 19.4. The second-order valence-electron chi connectivity index (χ2n) is 3.91. The number of H-pyrrole nitrogens is 1. The van der Waals surface area contributed by atoms with Gasteiger partial charge in [-0.25, -0.2) is 15.0 Å². The van der Waals surface area contributed by atoms with E-state index in [1.165, 1.54) is 24.7 Å². The van der Waals surface area contributed by atoms with Crippen molar-refractivity contribution in [3.05, 3.63) is 42.4 Å². The minimum atomic E-state index is -4.34. The van der Waals surface area contributed by atoms with Crippen molar-refractivity contribution in [3.8, 4) is 11.3 Å². The molecule has 3 aromatic rings. The number of benzene rings is 1. The van der Waals surface area contributed by atoms with Gasteiger partial charge in [0.1, 0.15) is 0 Å². The molecule has 0 unspecified atom stereocenters. The van der Waals surface area contributed by atoms with E-state index in [4.69, 9.17) is 0 Å². The summed E-state index contributed by atoms with van der Waals surface area (Å²) in [5.74, 6) is 0. The number of aromatic amines is 1. The van der Waals surface area contributed by atoms with Crippen LogP contribution in [0.3, 0.4) is 0 Å². The number of rotatable bonds is 1. The minimum absolute atomic E-state index is 0.468. The molecule has 0 aliphatic carbocycles. The van der Waals surface area contributed by atoms with Crippen LogP contribution in [0.25, 0.3) is 22.6 Å². The summed E-state index contributed by atoms with van der Waals surface area (Å²) in [5.41, 5.74) is 1.34. The first-order valence-corrected chi connectivity index (χ1v) is 5.38. The summed E-state index contributed by atoms with van der Waals surface area (Å²) in [7, 11) is 0. The smallest absolute Gasteiger partial charge is 0.328 e. The molecule has 0 fully saturated rings. The second kappa shape index (κ2) is 4.04. The molecule has 0 bridgehead atoms. The predicted octanol–water partition coefficient (Wildman–Crippen LogP) is 3.04. The predicted molar refractivity (Wildman–Crippen MR) is 62.1 cm³/mol. The molecule has 0 saturated carbocycles. The molecule has 0 amide bonds. The van der Waals surface area contributed by atoms with Crippen molar-refractivity contribution < 1.29 is 13.2 Å². The van der Waals surface area contributed by atoms with Gasteiger partial charge in [0.25, 0.3) is 0 Å². The van der Waals surface area contributed by atoms with Crippen LogP contribution >= 0.6 is 0 Å². The molecule has 1 N–H and O–H groups in total. The summed E-state index contributed by atoms with van der Waals surface area (Å²) < 4.78 is 37.3. The average Bonchev–Trinajstić information content (AvgIpc) is 2.85. The van der Waals surface area contributed by atoms with Crippen molar-refractivity contribution in [2.45, 2.75) is 6.18 Å². The second-order valence-corrected chi connectivity index (χ2v) is 3.91. The van der Waals surface area contributed by atoms with Gasteiger partial charge in [0.2, 0.25) is 0 Å². The lowest BCUT2D eigenvalue weighted by molar-refractivity contribution is -0.137. The van der Waals surface area contributed by atoms with E-state index < -0.39 is 11.7 Å². The minimum Gasteiger partial charge on any atom is -0.328 e. The normalized spacial score (nSPS) is 11.9. The number of nitrogens with zero attached hydrogens (tertiary/aromatic N) is 3. The Kier molecular flexibility index (Phi) is 2.48. The van der Waals surface area contributed by atoms with E-state index in [9.17, 15) is 13.2 Å². The molecule has 0 radical (unpaired) electrons. The van der Waals surface area contributed by atoms with Gasteiger partial charge in [0.15, 0.2) is 11.3 Å². The van der Waals surface area contributed by atoms with E-state index in [0.29, 0.717) is 22.6 Å². The number of nitrogens with one attached hydrogen (secondary N) is 1. The fraction of sp³-hybridized carbons (Fsp3) is 0.0833. The van der Waals surface area contributed by atoms with E-state index in [1.54, 1.807) is 0 Å². The molecule has 2 heterocycles. The average molecular weight is 264 g/mol. The molecule has 4 nitrogen and oxygen atoms in total. The molecule has 96 valence electrons. The van der Waals surface area contributed by atoms with Gasteiger partial charge in [-0.05, 0) is 12.1 Å². The summed E-state index contributed by atoms with van der Waals surface area (Å²) in [5, 5.41) is 0. The van der Waals surface area contributed by atoms with Crippen LogP contribution in [0.1, 0.15) is 5.56 Å². The van der Waals surface area contributed by atoms with Crippen molar-refractivity contribution in [2.24, 2.45) is 0 Å². The zero-order chi connectivity index (χ0) is 13.5. The molecule has 7 heteroatoms. The first kappa shape index (κ1) is 11.6. The topological polar surface area (TPSA) is 54.5 Å². The van der Waals surface area contributed by atoms with E-state index in [1.807, 2.05) is 0 Å². The van der Waals surface area contributed by atoms with Gasteiger partial charge in [-0.3, -0.25) is 0 Å². The Balaban J connectivity index is 2.01. The standard InChI is InChI=1S/C12H7F3N4/c13-12(14,15)8-3-1-7(2-4-8)9-5-16-10-11(19-9)18-6-17-10/h1-6H,(H,16,17,18,19). The Morgan fingerprint density at radius 2 is 1.74 bits per heavy atom. The van der Waals surface area contributed by atoms with Crippen LogP contribution in [0.5, 0.6) is 0 Å². The third-order valence-electron chi connectivity index (χ3n) is 2.65. The van der Waals surface area contributed by atoms with Gasteiger partial charge >= 0.3 is 6.18 Å². The number of halogens is 3. The van der Waals surface area contributed by atoms with Gasteiger partial charge < -0.3 is 4.98 Å². The van der Waals surface area contributed by atoms with Crippen LogP contribution in [0.4, 0.5) is 13.2 Å². The highest BCUT2D eigenvalue weighted by Gasteiger charge is 2.30. The highest BCUT2D eigenvalue weighted by molar-refractivity contribution is 5.70. The van der Waals surface area contributed by atoms with Crippen LogP contribution in [0.15, 0.2) is 36.8 Å². The van der Waals surface area contributed by atoms with Crippen LogP contribution in [0.2, 0.25) is 0 Å². The molecule has 0 atom stereocenters. The maximum Gasteiger partial charge on any atom is 0.416 e. The van der Waals surface area contributed by atoms with E-state index in [-0.39, 0.29) is 0 Å². The zero-order valence-corrected chi connectivity index (χ0v) is 9.44. The Hall–Kier alpha value is -2.44. The SMILES string of the molecule is FC(F)(F)c1ccc(-c2cnc3nc[nH]c3n2)cc1. The fourth-order valence-corrected chi connectivity index (χ4v) is 1.70. The first-order valence-electron chi connectivity index (χ1n) is 5.38. The van der Waals surface area contributed by atoms with Gasteiger partial charge in [0.05, 0.1) is 23.8 Å². The van der Waals surface area contributed by atoms with Gasteiger partial charge in [-0.15, -0.1) is 0 Å². The molecule has 19 heavy (non-hydrogen) atoms. The molecule has 3 rings (SSSR count). The Morgan fingerprint density at radius 1 is 1.00 bits per heavy atom. The lowest BCUT2D eigenvalue weighted by Crippen LogP contribution is -2.04. The van der Waals surface area contributed by atoms with Crippen LogP contribution in [-0.2, 0) is 6.18 Å². The van der Waals surface area contributed by atoms with Crippen molar-refractivity contribution in [1.82, 2.24) is 19.9 Å². The zero-order valence-electron chi connectivity index (χ0n) is 9.44. The Labute approximate surface area is 105 Å². The van der Waals surface area contributed by atoms with Crippen molar-refractivity contribution in [2.75, 3.05) is 0 Å². The van der Waals surface area contributed by atoms with E-state index >= 15 is 0 Å². The maximum absolute atomic E-state index is 12.4. The highest BCUT2D eigenvalue weighted by Crippen LogP contribution is 2.30. The summed E-state index contributed by atoms with van der Waals surface area (Å²) >= 11 is 0. The number of aromatic nitrogens is 4. The third kappa shape index (κ3) is 2.14. The van der Waals surface area contributed by atoms with Gasteiger partial charge in [0, 0.05) is 5.56 Å². The largest absolute Gasteiger partial charge is 0.416 e. The first-order chi connectivity index (χ1) is 9.04. The van der Waals surface area contributed by atoms with E-state index in [0.717, 1.165) is 12.1 Å². The lowest BCUT2D eigenvalue weighted by Gasteiger charge is -2.07. The third-order valence-corrected chi connectivity index (χ3v) is 2.65. The molecule has 0 spiro atoms. The van der Waals surface area contributed by atoms with Gasteiger partial charge in [-0.1, -0.05) is 12.1 Å². The van der Waals surface area contributed by atoms with E-state index in [2.05, 4.69) is 19.9 Å². The summed E-state index contributed by atoms with van der Waals surface area (Å²) in [6, 6.07) is 4.78. The number of fused-ring (bicyclic) bond motifs is 1. The number of hydrogen-bond acceptors (Lipinski definition) is 3. The molecular weight excluding hydrogens is 257 g/mol. The van der Waals surface area contributed by atoms with Gasteiger partial charge in [-0.2, -0.15) is 13.2 Å². The van der Waals surface area contributed by atoms with Crippen molar-refractivity contribution >= 4 is 11.3 Å². The molecule has 0 aliphatic rings. The molecular formula is C12H7F3N4. The Morgan fingerprint density at radius 3 is 2.42 bits per heavy atom. The summed E-state index contributed by atoms with van der Waals surface area (Å²) in [6.07, 6.45) is -1.40. The molecule has 1 aromatic carbocycles. The number of hydrogen-bond donors (Lipinski definition) is 1. The monoisotopic (exact) mass is 264 g/mol. The molecule has 0 aliphatic heterocycles. The lowest BCUT2D eigenvalue weighted by atomic mass is 10.1. The summed E-state index contributed by atoms with van der Waals surface area (Å²) in [4.78, 5) is 15.0. The number of alkyl halides is 3. The van der Waals surface area contributed by atoms with Crippen LogP contribution < -0.4 is 0 Å². The molecule has 2 aromatic heterocycles.